The zero-order valence-corrected chi connectivity index (χ0v) is 9.34. The molecule has 0 aliphatic heterocycles. The number of rotatable bonds is 2. The highest BCUT2D eigenvalue weighted by Crippen LogP contribution is 2.63. The smallest absolute Gasteiger partial charge is 0.235 e. The molecule has 0 heterocycles. The molecular formula is C9H13BrN2O2. The van der Waals surface area contributed by atoms with E-state index in [1.54, 1.807) is 0 Å². The molecule has 2 bridgehead atoms. The number of carbonyl (C=O) groups excluding carboxylic acids is 2. The van der Waals surface area contributed by atoms with Crippen molar-refractivity contribution in [3.05, 3.63) is 0 Å². The number of amides is 2. The molecule has 5 heteroatoms. The van der Waals surface area contributed by atoms with Crippen molar-refractivity contribution in [2.45, 2.75) is 30.0 Å². The number of fused-ring (bicyclic) bond motifs is 2. The highest BCUT2D eigenvalue weighted by atomic mass is 79.9. The second kappa shape index (κ2) is 2.72. The first kappa shape index (κ1) is 9.96. The molecule has 0 saturated heterocycles. The average molecular weight is 261 g/mol. The summed E-state index contributed by atoms with van der Waals surface area (Å²) in [5, 5.41) is 0. The van der Waals surface area contributed by atoms with Gasteiger partial charge in [0.2, 0.25) is 11.8 Å². The van der Waals surface area contributed by atoms with Crippen molar-refractivity contribution in [3.8, 4) is 0 Å². The molecular weight excluding hydrogens is 248 g/mol. The van der Waals surface area contributed by atoms with Gasteiger partial charge in [-0.25, -0.2) is 0 Å². The summed E-state index contributed by atoms with van der Waals surface area (Å²) >= 11 is 3.35. The lowest BCUT2D eigenvalue weighted by atomic mass is 9.73. The molecule has 2 amide bonds. The Hall–Kier alpha value is -0.580. The summed E-state index contributed by atoms with van der Waals surface area (Å²) in [7, 11) is 0. The summed E-state index contributed by atoms with van der Waals surface area (Å²) in [6.07, 6.45) is 3.01. The normalized spacial score (nSPS) is 45.4. The predicted molar refractivity (Wildman–Crippen MR) is 54.4 cm³/mol. The Morgan fingerprint density at radius 2 is 1.86 bits per heavy atom. The molecule has 2 fully saturated rings. The van der Waals surface area contributed by atoms with Crippen LogP contribution in [-0.2, 0) is 9.59 Å². The van der Waals surface area contributed by atoms with E-state index >= 15 is 0 Å². The van der Waals surface area contributed by atoms with Crippen LogP contribution < -0.4 is 11.5 Å². The Kier molecular flexibility index (Phi) is 1.93. The molecule has 0 spiro atoms. The number of nitrogens with two attached hydrogens (primary N) is 2. The molecule has 0 aromatic carbocycles. The van der Waals surface area contributed by atoms with Crippen LogP contribution in [0.15, 0.2) is 0 Å². The van der Waals surface area contributed by atoms with Crippen molar-refractivity contribution >= 4 is 27.7 Å². The summed E-state index contributed by atoms with van der Waals surface area (Å²) in [6, 6.07) is 0. The fourth-order valence-corrected chi connectivity index (χ4v) is 4.04. The maximum atomic E-state index is 11.5. The molecule has 2 aliphatic rings. The van der Waals surface area contributed by atoms with E-state index in [0.717, 1.165) is 6.42 Å². The lowest BCUT2D eigenvalue weighted by molar-refractivity contribution is -0.134. The zero-order chi connectivity index (χ0) is 10.6. The molecule has 4 N–H and O–H groups in total. The lowest BCUT2D eigenvalue weighted by Crippen LogP contribution is -2.55. The molecule has 0 aromatic rings. The molecule has 0 aromatic heterocycles. The Morgan fingerprint density at radius 1 is 1.21 bits per heavy atom. The highest BCUT2D eigenvalue weighted by Gasteiger charge is 2.66. The van der Waals surface area contributed by atoms with Gasteiger partial charge in [0.15, 0.2) is 0 Å². The Balaban J connectivity index is 2.46. The number of carbonyl (C=O) groups is 2. The maximum Gasteiger partial charge on any atom is 0.235 e. The fourth-order valence-electron chi connectivity index (χ4n) is 3.03. The molecule has 0 radical (unpaired) electrons. The third kappa shape index (κ3) is 0.935. The van der Waals surface area contributed by atoms with Crippen LogP contribution in [0.4, 0.5) is 0 Å². The van der Waals surface area contributed by atoms with Gasteiger partial charge in [0, 0.05) is 0 Å². The van der Waals surface area contributed by atoms with E-state index in [1.165, 1.54) is 0 Å². The third-order valence-corrected chi connectivity index (χ3v) is 5.28. The zero-order valence-electron chi connectivity index (χ0n) is 7.75. The summed E-state index contributed by atoms with van der Waals surface area (Å²) in [5.41, 5.74) is 10.0. The summed E-state index contributed by atoms with van der Waals surface area (Å²) in [5.74, 6) is -0.443. The van der Waals surface area contributed by atoms with Gasteiger partial charge in [0.05, 0.1) is 5.41 Å². The number of halogens is 1. The Labute approximate surface area is 90.5 Å². The van der Waals surface area contributed by atoms with Gasteiger partial charge < -0.3 is 11.5 Å². The van der Waals surface area contributed by atoms with E-state index in [4.69, 9.17) is 11.5 Å². The molecule has 14 heavy (non-hydrogen) atoms. The van der Waals surface area contributed by atoms with Crippen molar-refractivity contribution in [1.29, 1.82) is 0 Å². The highest BCUT2D eigenvalue weighted by molar-refractivity contribution is 9.10. The number of hydrogen-bond acceptors (Lipinski definition) is 2. The first-order valence-corrected chi connectivity index (χ1v) is 5.50. The van der Waals surface area contributed by atoms with Gasteiger partial charge in [-0.2, -0.15) is 0 Å². The Morgan fingerprint density at radius 3 is 2.21 bits per heavy atom. The standard InChI is InChI=1S/C9H13BrN2O2/c10-9(7(12)14)4-5-1-2-8(9,3-5)6(11)13/h5H,1-4H2,(H2,11,13)(H2,12,14). The van der Waals surface area contributed by atoms with Gasteiger partial charge in [-0.3, -0.25) is 9.59 Å². The van der Waals surface area contributed by atoms with E-state index < -0.39 is 21.6 Å². The first-order valence-electron chi connectivity index (χ1n) is 4.71. The lowest BCUT2D eigenvalue weighted by Gasteiger charge is -2.37. The van der Waals surface area contributed by atoms with Gasteiger partial charge >= 0.3 is 0 Å². The summed E-state index contributed by atoms with van der Waals surface area (Å²) < 4.78 is -0.894. The molecule has 4 nitrogen and oxygen atoms in total. The number of primary amides is 2. The van der Waals surface area contributed by atoms with Gasteiger partial charge in [-0.1, -0.05) is 15.9 Å². The molecule has 2 rings (SSSR count). The van der Waals surface area contributed by atoms with Gasteiger partial charge in [-0.15, -0.1) is 0 Å². The minimum atomic E-state index is -0.894. The minimum Gasteiger partial charge on any atom is -0.369 e. The van der Waals surface area contributed by atoms with Gasteiger partial charge in [0.1, 0.15) is 4.32 Å². The van der Waals surface area contributed by atoms with Crippen molar-refractivity contribution in [2.24, 2.45) is 22.8 Å². The van der Waals surface area contributed by atoms with Crippen molar-refractivity contribution < 1.29 is 9.59 Å². The topological polar surface area (TPSA) is 86.2 Å². The van der Waals surface area contributed by atoms with E-state index in [1.807, 2.05) is 0 Å². The quantitative estimate of drug-likeness (QED) is 0.699. The molecule has 2 aliphatic carbocycles. The van der Waals surface area contributed by atoms with Crippen LogP contribution in [0.1, 0.15) is 25.7 Å². The van der Waals surface area contributed by atoms with Crippen LogP contribution in [0.2, 0.25) is 0 Å². The molecule has 78 valence electrons. The molecule has 3 unspecified atom stereocenters. The van der Waals surface area contributed by atoms with Crippen LogP contribution in [0.25, 0.3) is 0 Å². The van der Waals surface area contributed by atoms with Crippen LogP contribution in [0.3, 0.4) is 0 Å². The van der Waals surface area contributed by atoms with Gasteiger partial charge in [-0.05, 0) is 31.6 Å². The summed E-state index contributed by atoms with van der Waals surface area (Å²) in [4.78, 5) is 22.9. The van der Waals surface area contributed by atoms with E-state index in [-0.39, 0.29) is 0 Å². The van der Waals surface area contributed by atoms with Crippen molar-refractivity contribution in [1.82, 2.24) is 0 Å². The second-order valence-corrected chi connectivity index (χ2v) is 5.78. The predicted octanol–water partition coefficient (Wildman–Crippen LogP) is 0.281. The minimum absolute atomic E-state index is 0.395. The van der Waals surface area contributed by atoms with E-state index in [0.29, 0.717) is 25.2 Å². The van der Waals surface area contributed by atoms with Crippen molar-refractivity contribution in [3.63, 3.8) is 0 Å². The van der Waals surface area contributed by atoms with Crippen LogP contribution in [0.5, 0.6) is 0 Å². The van der Waals surface area contributed by atoms with Crippen LogP contribution >= 0.6 is 15.9 Å². The average Bonchev–Trinajstić information content (AvgIpc) is 2.60. The Bertz CT molecular complexity index is 318. The first-order chi connectivity index (χ1) is 6.42. The number of hydrogen-bond donors (Lipinski definition) is 2. The molecule has 3 atom stereocenters. The fraction of sp³-hybridized carbons (Fsp3) is 0.778. The second-order valence-electron chi connectivity index (χ2n) is 4.42. The maximum absolute atomic E-state index is 11.5. The summed E-state index contributed by atoms with van der Waals surface area (Å²) in [6.45, 7) is 0. The third-order valence-electron chi connectivity index (χ3n) is 3.81. The largest absolute Gasteiger partial charge is 0.369 e. The van der Waals surface area contributed by atoms with Crippen molar-refractivity contribution in [2.75, 3.05) is 0 Å². The van der Waals surface area contributed by atoms with Crippen LogP contribution in [0, 0.1) is 11.3 Å². The monoisotopic (exact) mass is 260 g/mol. The van der Waals surface area contributed by atoms with E-state index in [9.17, 15) is 9.59 Å². The number of alkyl halides is 1. The SMILES string of the molecule is NC(=O)C1(Br)CC2CCC1(C(N)=O)C2. The van der Waals surface area contributed by atoms with Gasteiger partial charge in [0.25, 0.3) is 0 Å². The molecule has 2 saturated carbocycles. The van der Waals surface area contributed by atoms with Crippen LogP contribution in [-0.4, -0.2) is 16.1 Å². The van der Waals surface area contributed by atoms with E-state index in [2.05, 4.69) is 15.9 Å².